The van der Waals surface area contributed by atoms with Crippen LogP contribution in [-0.2, 0) is 0 Å². The predicted molar refractivity (Wildman–Crippen MR) is 83.6 cm³/mol. The fourth-order valence-corrected chi connectivity index (χ4v) is 4.09. The number of nitrogens with zero attached hydrogens (tertiary/aromatic N) is 2. The van der Waals surface area contributed by atoms with Crippen LogP contribution in [0.15, 0.2) is 24.3 Å². The summed E-state index contributed by atoms with van der Waals surface area (Å²) in [6.07, 6.45) is 2.58. The van der Waals surface area contributed by atoms with Crippen molar-refractivity contribution in [2.24, 2.45) is 5.73 Å². The van der Waals surface area contributed by atoms with Crippen molar-refractivity contribution in [3.05, 3.63) is 35.6 Å². The van der Waals surface area contributed by atoms with Crippen LogP contribution in [0.25, 0.3) is 0 Å². The molecule has 1 aromatic carbocycles. The van der Waals surface area contributed by atoms with E-state index in [4.69, 9.17) is 5.73 Å². The molecule has 21 heavy (non-hydrogen) atoms. The molecule has 116 valence electrons. The molecule has 2 N–H and O–H groups in total. The molecule has 0 saturated carbocycles. The molecule has 4 heteroatoms. The van der Waals surface area contributed by atoms with E-state index in [2.05, 4.69) is 16.7 Å². The lowest BCUT2D eigenvalue weighted by Crippen LogP contribution is -2.58. The van der Waals surface area contributed by atoms with Crippen LogP contribution < -0.4 is 5.73 Å². The minimum absolute atomic E-state index is 0.0118. The summed E-state index contributed by atoms with van der Waals surface area (Å²) < 4.78 is 13.6. The first-order valence-electron chi connectivity index (χ1n) is 8.07. The Morgan fingerprint density at radius 2 is 2.14 bits per heavy atom. The average Bonchev–Trinajstić information content (AvgIpc) is 2.86. The molecule has 4 unspecified atom stereocenters. The van der Waals surface area contributed by atoms with Gasteiger partial charge in [-0.25, -0.2) is 4.39 Å². The number of hydrogen-bond acceptors (Lipinski definition) is 3. The van der Waals surface area contributed by atoms with Gasteiger partial charge in [-0.2, -0.15) is 0 Å². The molecule has 0 spiro atoms. The van der Waals surface area contributed by atoms with Gasteiger partial charge in [0.15, 0.2) is 0 Å². The highest BCUT2D eigenvalue weighted by atomic mass is 19.1. The molecule has 0 aromatic heterocycles. The van der Waals surface area contributed by atoms with Crippen LogP contribution >= 0.6 is 0 Å². The van der Waals surface area contributed by atoms with Gasteiger partial charge < -0.3 is 5.73 Å². The number of nitrogens with two attached hydrogens (primary N) is 1. The van der Waals surface area contributed by atoms with Crippen molar-refractivity contribution in [3.63, 3.8) is 0 Å². The van der Waals surface area contributed by atoms with E-state index in [0.29, 0.717) is 12.1 Å². The normalized spacial score (nSPS) is 30.1. The molecule has 0 bridgehead atoms. The number of fused-ring (bicyclic) bond motifs is 1. The second-order valence-corrected chi connectivity index (χ2v) is 6.70. The molecule has 4 atom stereocenters. The summed E-state index contributed by atoms with van der Waals surface area (Å²) in [5, 5.41) is 0. The zero-order valence-electron chi connectivity index (χ0n) is 13.0. The molecule has 2 heterocycles. The van der Waals surface area contributed by atoms with Crippen molar-refractivity contribution in [2.75, 3.05) is 19.6 Å². The van der Waals surface area contributed by atoms with Crippen LogP contribution in [0.5, 0.6) is 0 Å². The molecule has 0 amide bonds. The van der Waals surface area contributed by atoms with E-state index in [0.717, 1.165) is 18.7 Å². The van der Waals surface area contributed by atoms with E-state index in [1.54, 1.807) is 12.1 Å². The highest BCUT2D eigenvalue weighted by Crippen LogP contribution is 2.32. The Hall–Kier alpha value is -0.970. The first-order chi connectivity index (χ1) is 10.1. The standard InChI is InChI=1S/C17H26FN3/c1-12-10-20-8-4-7-16(20)11-21(12)17(13(2)19)14-5-3-6-15(18)9-14/h3,5-6,9,12-13,16-17H,4,7-8,10-11,19H2,1-2H3. The Labute approximate surface area is 126 Å². The summed E-state index contributed by atoms with van der Waals surface area (Å²) in [5.41, 5.74) is 7.27. The Morgan fingerprint density at radius 3 is 2.86 bits per heavy atom. The van der Waals surface area contributed by atoms with Crippen molar-refractivity contribution in [1.29, 1.82) is 0 Å². The van der Waals surface area contributed by atoms with Gasteiger partial charge in [0.2, 0.25) is 0 Å². The van der Waals surface area contributed by atoms with Gasteiger partial charge in [0, 0.05) is 31.2 Å². The molecule has 3 rings (SSSR count). The predicted octanol–water partition coefficient (Wildman–Crippen LogP) is 2.38. The van der Waals surface area contributed by atoms with Crippen LogP contribution in [0.1, 0.15) is 38.3 Å². The van der Waals surface area contributed by atoms with Crippen molar-refractivity contribution in [1.82, 2.24) is 9.80 Å². The molecular formula is C17H26FN3. The van der Waals surface area contributed by atoms with E-state index >= 15 is 0 Å². The molecule has 3 nitrogen and oxygen atoms in total. The largest absolute Gasteiger partial charge is 0.326 e. The maximum Gasteiger partial charge on any atom is 0.123 e. The summed E-state index contributed by atoms with van der Waals surface area (Å²) in [7, 11) is 0. The van der Waals surface area contributed by atoms with E-state index in [1.807, 2.05) is 13.0 Å². The maximum absolute atomic E-state index is 13.6. The summed E-state index contributed by atoms with van der Waals surface area (Å²) in [5.74, 6) is -0.176. The lowest BCUT2D eigenvalue weighted by Gasteiger charge is -2.47. The molecule has 2 aliphatic heterocycles. The molecule has 0 radical (unpaired) electrons. The second-order valence-electron chi connectivity index (χ2n) is 6.70. The van der Waals surface area contributed by atoms with Crippen LogP contribution in [0, 0.1) is 5.82 Å². The minimum atomic E-state index is -0.176. The zero-order chi connectivity index (χ0) is 15.0. The maximum atomic E-state index is 13.6. The molecule has 0 aliphatic carbocycles. The third-order valence-corrected chi connectivity index (χ3v) is 5.03. The summed E-state index contributed by atoms with van der Waals surface area (Å²) in [6.45, 7) is 7.67. The van der Waals surface area contributed by atoms with Crippen molar-refractivity contribution in [3.8, 4) is 0 Å². The van der Waals surface area contributed by atoms with Crippen molar-refractivity contribution < 1.29 is 4.39 Å². The lowest BCUT2D eigenvalue weighted by atomic mass is 9.95. The summed E-state index contributed by atoms with van der Waals surface area (Å²) in [4.78, 5) is 5.09. The van der Waals surface area contributed by atoms with E-state index in [1.165, 1.54) is 25.5 Å². The molecule has 2 aliphatic rings. The first-order valence-corrected chi connectivity index (χ1v) is 8.07. The van der Waals surface area contributed by atoms with Gasteiger partial charge in [0.05, 0.1) is 6.04 Å². The molecular weight excluding hydrogens is 265 g/mol. The van der Waals surface area contributed by atoms with Gasteiger partial charge in [-0.05, 0) is 50.9 Å². The van der Waals surface area contributed by atoms with Crippen LogP contribution in [0.2, 0.25) is 0 Å². The minimum Gasteiger partial charge on any atom is -0.326 e. The fraction of sp³-hybridized carbons (Fsp3) is 0.647. The first kappa shape index (κ1) is 14.9. The SMILES string of the molecule is CC(N)C(c1cccc(F)c1)N1CC2CCCN2CC1C. The topological polar surface area (TPSA) is 32.5 Å². The summed E-state index contributed by atoms with van der Waals surface area (Å²) >= 11 is 0. The Morgan fingerprint density at radius 1 is 1.33 bits per heavy atom. The Balaban J connectivity index is 1.86. The number of rotatable bonds is 3. The van der Waals surface area contributed by atoms with E-state index in [-0.39, 0.29) is 17.9 Å². The molecule has 2 fully saturated rings. The quantitative estimate of drug-likeness (QED) is 0.928. The number of halogens is 1. The number of hydrogen-bond donors (Lipinski definition) is 1. The van der Waals surface area contributed by atoms with Gasteiger partial charge in [-0.15, -0.1) is 0 Å². The third-order valence-electron chi connectivity index (χ3n) is 5.03. The van der Waals surface area contributed by atoms with Crippen LogP contribution in [0.4, 0.5) is 4.39 Å². The second kappa shape index (κ2) is 6.03. The Bertz CT molecular complexity index is 491. The lowest BCUT2D eigenvalue weighted by molar-refractivity contribution is 0.0205. The van der Waals surface area contributed by atoms with E-state index in [9.17, 15) is 4.39 Å². The van der Waals surface area contributed by atoms with Gasteiger partial charge in [-0.3, -0.25) is 9.80 Å². The average molecular weight is 291 g/mol. The van der Waals surface area contributed by atoms with Gasteiger partial charge in [0.25, 0.3) is 0 Å². The Kier molecular flexibility index (Phi) is 4.29. The smallest absolute Gasteiger partial charge is 0.123 e. The molecule has 2 saturated heterocycles. The monoisotopic (exact) mass is 291 g/mol. The number of piperazine rings is 1. The zero-order valence-corrected chi connectivity index (χ0v) is 13.0. The summed E-state index contributed by atoms with van der Waals surface area (Å²) in [6, 6.07) is 8.12. The van der Waals surface area contributed by atoms with Gasteiger partial charge >= 0.3 is 0 Å². The highest BCUT2D eigenvalue weighted by Gasteiger charge is 2.38. The third kappa shape index (κ3) is 2.98. The highest BCUT2D eigenvalue weighted by molar-refractivity contribution is 5.22. The van der Waals surface area contributed by atoms with Gasteiger partial charge in [0.1, 0.15) is 5.82 Å². The van der Waals surface area contributed by atoms with Gasteiger partial charge in [-0.1, -0.05) is 12.1 Å². The number of benzene rings is 1. The van der Waals surface area contributed by atoms with Crippen LogP contribution in [-0.4, -0.2) is 47.6 Å². The molecule has 1 aromatic rings. The van der Waals surface area contributed by atoms with Crippen LogP contribution in [0.3, 0.4) is 0 Å². The fourth-order valence-electron chi connectivity index (χ4n) is 4.09. The van der Waals surface area contributed by atoms with E-state index < -0.39 is 0 Å². The van der Waals surface area contributed by atoms with Crippen molar-refractivity contribution in [2.45, 2.75) is 50.9 Å². The van der Waals surface area contributed by atoms with Crippen molar-refractivity contribution >= 4 is 0 Å².